The number of rotatable bonds is 1. The Labute approximate surface area is 89.0 Å². The van der Waals surface area contributed by atoms with Crippen molar-refractivity contribution in [3.63, 3.8) is 0 Å². The van der Waals surface area contributed by atoms with Gasteiger partial charge in [0, 0.05) is 13.1 Å². The van der Waals surface area contributed by atoms with E-state index in [4.69, 9.17) is 0 Å². The van der Waals surface area contributed by atoms with E-state index in [0.29, 0.717) is 18.3 Å². The number of hydrogen-bond donors (Lipinski definition) is 1. The minimum Gasteiger partial charge on any atom is -0.342 e. The minimum atomic E-state index is -0.850. The van der Waals surface area contributed by atoms with Gasteiger partial charge in [0.2, 0.25) is 5.91 Å². The molecule has 0 aromatic heterocycles. The SMILES string of the molecule is O=C([C@@H]1C[C@H]1F)N1C[C@H]2CNC[C@@H](C2)C1. The van der Waals surface area contributed by atoms with E-state index in [1.165, 1.54) is 6.42 Å². The van der Waals surface area contributed by atoms with Crippen molar-refractivity contribution >= 4 is 5.91 Å². The van der Waals surface area contributed by atoms with Gasteiger partial charge in [-0.05, 0) is 37.8 Å². The maximum absolute atomic E-state index is 12.8. The zero-order chi connectivity index (χ0) is 10.4. The Morgan fingerprint density at radius 2 is 1.80 bits per heavy atom. The van der Waals surface area contributed by atoms with Crippen molar-refractivity contribution < 1.29 is 9.18 Å². The molecule has 0 spiro atoms. The van der Waals surface area contributed by atoms with Crippen molar-refractivity contribution in [2.24, 2.45) is 17.8 Å². The highest BCUT2D eigenvalue weighted by molar-refractivity contribution is 5.82. The summed E-state index contributed by atoms with van der Waals surface area (Å²) in [5.41, 5.74) is 0. The normalized spacial score (nSPS) is 43.9. The second kappa shape index (κ2) is 3.44. The number of piperidine rings is 2. The summed E-state index contributed by atoms with van der Waals surface area (Å²) >= 11 is 0. The number of likely N-dealkylation sites (tertiary alicyclic amines) is 1. The molecule has 3 fully saturated rings. The van der Waals surface area contributed by atoms with Gasteiger partial charge in [0.15, 0.2) is 0 Å². The second-order valence-electron chi connectivity index (χ2n) is 5.23. The first kappa shape index (κ1) is 9.58. The fourth-order valence-corrected chi connectivity index (χ4v) is 2.94. The quantitative estimate of drug-likeness (QED) is 0.683. The molecule has 15 heavy (non-hydrogen) atoms. The first-order chi connectivity index (χ1) is 7.24. The van der Waals surface area contributed by atoms with Gasteiger partial charge in [-0.2, -0.15) is 0 Å². The molecule has 1 aliphatic carbocycles. The Bertz CT molecular complexity index is 272. The van der Waals surface area contributed by atoms with E-state index in [9.17, 15) is 9.18 Å². The Hall–Kier alpha value is -0.640. The van der Waals surface area contributed by atoms with E-state index in [-0.39, 0.29) is 11.8 Å². The molecule has 1 N–H and O–H groups in total. The molecular weight excluding hydrogens is 195 g/mol. The van der Waals surface area contributed by atoms with Crippen LogP contribution in [-0.4, -0.2) is 43.2 Å². The van der Waals surface area contributed by atoms with Crippen LogP contribution < -0.4 is 5.32 Å². The zero-order valence-corrected chi connectivity index (χ0v) is 8.79. The topological polar surface area (TPSA) is 32.3 Å². The van der Waals surface area contributed by atoms with Crippen molar-refractivity contribution in [2.45, 2.75) is 19.0 Å². The summed E-state index contributed by atoms with van der Waals surface area (Å²) in [6.07, 6.45) is 0.848. The molecule has 0 aromatic carbocycles. The number of nitrogens with zero attached hydrogens (tertiary/aromatic N) is 1. The van der Waals surface area contributed by atoms with Gasteiger partial charge in [-0.1, -0.05) is 0 Å². The van der Waals surface area contributed by atoms with Crippen LogP contribution in [0.2, 0.25) is 0 Å². The highest BCUT2D eigenvalue weighted by atomic mass is 19.1. The molecular formula is C11H17FN2O. The summed E-state index contributed by atoms with van der Waals surface area (Å²) in [6.45, 7) is 3.71. The number of amides is 1. The minimum absolute atomic E-state index is 0.0686. The molecule has 1 amide bonds. The highest BCUT2D eigenvalue weighted by Crippen LogP contribution is 2.37. The molecule has 4 atom stereocenters. The van der Waals surface area contributed by atoms with Gasteiger partial charge in [-0.3, -0.25) is 4.79 Å². The number of halogens is 1. The van der Waals surface area contributed by atoms with E-state index >= 15 is 0 Å². The summed E-state index contributed by atoms with van der Waals surface area (Å²) in [4.78, 5) is 13.8. The monoisotopic (exact) mass is 212 g/mol. The summed E-state index contributed by atoms with van der Waals surface area (Å²) in [5, 5.41) is 3.39. The Kier molecular flexibility index (Phi) is 2.20. The maximum atomic E-state index is 12.8. The summed E-state index contributed by atoms with van der Waals surface area (Å²) in [7, 11) is 0. The van der Waals surface area contributed by atoms with E-state index in [2.05, 4.69) is 5.32 Å². The standard InChI is InChI=1S/C11H17FN2O/c12-10-2-9(10)11(15)14-5-7-1-8(6-14)4-13-3-7/h7-10,13H,1-6H2/t7-,8-,9-,10-/m1/s1. The molecule has 2 saturated heterocycles. The van der Waals surface area contributed by atoms with Crippen LogP contribution >= 0.6 is 0 Å². The van der Waals surface area contributed by atoms with Crippen LogP contribution in [-0.2, 0) is 4.79 Å². The largest absolute Gasteiger partial charge is 0.342 e. The Morgan fingerprint density at radius 3 is 2.33 bits per heavy atom. The van der Waals surface area contributed by atoms with Gasteiger partial charge in [0.05, 0.1) is 5.92 Å². The summed E-state index contributed by atoms with van der Waals surface area (Å²) in [5.74, 6) is 0.965. The fourth-order valence-electron chi connectivity index (χ4n) is 2.94. The van der Waals surface area contributed by atoms with Gasteiger partial charge in [-0.15, -0.1) is 0 Å². The predicted octanol–water partition coefficient (Wildman–Crippen LogP) is 0.412. The van der Waals surface area contributed by atoms with Gasteiger partial charge in [0.25, 0.3) is 0 Å². The molecule has 2 aliphatic heterocycles. The van der Waals surface area contributed by atoms with Crippen LogP contribution in [0.15, 0.2) is 0 Å². The van der Waals surface area contributed by atoms with E-state index in [0.717, 1.165) is 26.2 Å². The zero-order valence-electron chi connectivity index (χ0n) is 8.79. The van der Waals surface area contributed by atoms with Crippen molar-refractivity contribution in [3.05, 3.63) is 0 Å². The van der Waals surface area contributed by atoms with Crippen LogP contribution in [0.1, 0.15) is 12.8 Å². The summed E-state index contributed by atoms with van der Waals surface area (Å²) in [6, 6.07) is 0. The molecule has 0 radical (unpaired) electrons. The number of carbonyl (C=O) groups excluding carboxylic acids is 1. The van der Waals surface area contributed by atoms with Gasteiger partial charge >= 0.3 is 0 Å². The average Bonchev–Trinajstić information content (AvgIpc) is 2.94. The third-order valence-electron chi connectivity index (χ3n) is 3.83. The average molecular weight is 212 g/mol. The van der Waals surface area contributed by atoms with Gasteiger partial charge in [0.1, 0.15) is 6.17 Å². The van der Waals surface area contributed by atoms with Crippen LogP contribution in [0.5, 0.6) is 0 Å². The van der Waals surface area contributed by atoms with Crippen molar-refractivity contribution in [3.8, 4) is 0 Å². The van der Waals surface area contributed by atoms with Gasteiger partial charge in [-0.25, -0.2) is 4.39 Å². The molecule has 4 heteroatoms. The maximum Gasteiger partial charge on any atom is 0.228 e. The number of fused-ring (bicyclic) bond motifs is 2. The van der Waals surface area contributed by atoms with E-state index in [1.807, 2.05) is 4.90 Å². The predicted molar refractivity (Wildman–Crippen MR) is 54.0 cm³/mol. The molecule has 1 saturated carbocycles. The lowest BCUT2D eigenvalue weighted by molar-refractivity contribution is -0.136. The third kappa shape index (κ3) is 1.75. The summed E-state index contributed by atoms with van der Waals surface area (Å²) < 4.78 is 12.8. The van der Waals surface area contributed by atoms with Crippen molar-refractivity contribution in [2.75, 3.05) is 26.2 Å². The molecule has 3 rings (SSSR count). The number of nitrogens with one attached hydrogen (secondary N) is 1. The Morgan fingerprint density at radius 1 is 1.20 bits per heavy atom. The Balaban J connectivity index is 1.64. The van der Waals surface area contributed by atoms with Gasteiger partial charge < -0.3 is 10.2 Å². The molecule has 0 unspecified atom stereocenters. The van der Waals surface area contributed by atoms with E-state index in [1.54, 1.807) is 0 Å². The lowest BCUT2D eigenvalue weighted by atomic mass is 9.85. The van der Waals surface area contributed by atoms with Crippen LogP contribution in [0.4, 0.5) is 4.39 Å². The number of carbonyl (C=O) groups is 1. The second-order valence-corrected chi connectivity index (χ2v) is 5.23. The van der Waals surface area contributed by atoms with Crippen molar-refractivity contribution in [1.29, 1.82) is 0 Å². The van der Waals surface area contributed by atoms with E-state index < -0.39 is 6.17 Å². The molecule has 2 bridgehead atoms. The van der Waals surface area contributed by atoms with Crippen LogP contribution in [0, 0.1) is 17.8 Å². The first-order valence-electron chi connectivity index (χ1n) is 5.87. The highest BCUT2D eigenvalue weighted by Gasteiger charge is 2.47. The molecule has 0 aromatic rings. The smallest absolute Gasteiger partial charge is 0.228 e. The number of alkyl halides is 1. The molecule has 3 nitrogen and oxygen atoms in total. The van der Waals surface area contributed by atoms with Crippen molar-refractivity contribution in [1.82, 2.24) is 10.2 Å². The molecule has 2 heterocycles. The number of hydrogen-bond acceptors (Lipinski definition) is 2. The first-order valence-corrected chi connectivity index (χ1v) is 5.87. The molecule has 3 aliphatic rings. The third-order valence-corrected chi connectivity index (χ3v) is 3.83. The fraction of sp³-hybridized carbons (Fsp3) is 0.909. The molecule has 84 valence electrons. The lowest BCUT2D eigenvalue weighted by Gasteiger charge is -2.41. The lowest BCUT2D eigenvalue weighted by Crippen LogP contribution is -2.53. The van der Waals surface area contributed by atoms with Crippen LogP contribution in [0.3, 0.4) is 0 Å². The van der Waals surface area contributed by atoms with Crippen LogP contribution in [0.25, 0.3) is 0 Å².